The van der Waals surface area contributed by atoms with Gasteiger partial charge in [-0.3, -0.25) is 0 Å². The van der Waals surface area contributed by atoms with Crippen molar-refractivity contribution in [1.29, 1.82) is 0 Å². The maximum Gasteiger partial charge on any atom is 0.0317 e. The van der Waals surface area contributed by atoms with Gasteiger partial charge in [-0.1, -0.05) is 11.8 Å². The normalized spacial score (nSPS) is 12.4. The molecule has 0 radical (unpaired) electrons. The molecule has 0 aromatic heterocycles. The fraction of sp³-hybridized carbons (Fsp3) is 0.125. The predicted molar refractivity (Wildman–Crippen MR) is 75.1 cm³/mol. The van der Waals surface area contributed by atoms with Crippen molar-refractivity contribution in [2.75, 3.05) is 11.5 Å². The summed E-state index contributed by atoms with van der Waals surface area (Å²) in [5, 5.41) is 0. The predicted octanol–water partition coefficient (Wildman–Crippen LogP) is 2.35. The van der Waals surface area contributed by atoms with Crippen molar-refractivity contribution in [3.8, 4) is 11.8 Å². The van der Waals surface area contributed by atoms with Crippen LogP contribution in [0.15, 0.2) is 36.4 Å². The highest BCUT2D eigenvalue weighted by Crippen LogP contribution is 2.21. The van der Waals surface area contributed by atoms with E-state index in [1.165, 1.54) is 11.1 Å². The van der Waals surface area contributed by atoms with Crippen molar-refractivity contribution >= 4 is 11.4 Å². The highest BCUT2D eigenvalue weighted by Gasteiger charge is 2.08. The molecule has 2 aromatic carbocycles. The van der Waals surface area contributed by atoms with Gasteiger partial charge in [0.15, 0.2) is 0 Å². The van der Waals surface area contributed by atoms with Crippen LogP contribution in [0, 0.1) is 11.8 Å². The van der Waals surface area contributed by atoms with E-state index < -0.39 is 0 Å². The standard InChI is InChI=1S/C16H14N2/c17-15-7-5-11-1-2-12-6-8-16(18)10-14(12)4-3-13(11)9-15/h5-10H,3-4,17-18H2. The Morgan fingerprint density at radius 1 is 0.722 bits per heavy atom. The van der Waals surface area contributed by atoms with Gasteiger partial charge < -0.3 is 11.5 Å². The summed E-state index contributed by atoms with van der Waals surface area (Å²) < 4.78 is 0. The topological polar surface area (TPSA) is 52.0 Å². The van der Waals surface area contributed by atoms with Gasteiger partial charge in [0.25, 0.3) is 0 Å². The second kappa shape index (κ2) is 4.12. The van der Waals surface area contributed by atoms with Gasteiger partial charge in [-0.2, -0.15) is 0 Å². The Morgan fingerprint density at radius 2 is 1.17 bits per heavy atom. The Morgan fingerprint density at radius 3 is 1.61 bits per heavy atom. The van der Waals surface area contributed by atoms with Gasteiger partial charge in [0, 0.05) is 22.5 Å². The molecule has 4 N–H and O–H groups in total. The Balaban J connectivity index is 2.13. The molecule has 0 unspecified atom stereocenters. The summed E-state index contributed by atoms with van der Waals surface area (Å²) in [6.45, 7) is 0. The minimum Gasteiger partial charge on any atom is -0.399 e. The molecule has 2 nitrogen and oxygen atoms in total. The first kappa shape index (κ1) is 10.7. The van der Waals surface area contributed by atoms with Crippen LogP contribution in [0.1, 0.15) is 22.3 Å². The third kappa shape index (κ3) is 1.91. The van der Waals surface area contributed by atoms with Crippen LogP contribution in [-0.2, 0) is 12.8 Å². The maximum absolute atomic E-state index is 5.82. The molecule has 0 heterocycles. The molecule has 0 aliphatic heterocycles. The number of nitrogen functional groups attached to an aromatic ring is 2. The summed E-state index contributed by atoms with van der Waals surface area (Å²) in [5.74, 6) is 6.44. The van der Waals surface area contributed by atoms with Crippen molar-refractivity contribution in [2.24, 2.45) is 0 Å². The molecular weight excluding hydrogens is 220 g/mol. The zero-order valence-corrected chi connectivity index (χ0v) is 10.0. The van der Waals surface area contributed by atoms with E-state index in [-0.39, 0.29) is 0 Å². The van der Waals surface area contributed by atoms with Gasteiger partial charge in [-0.05, 0) is 60.4 Å². The molecule has 0 saturated carbocycles. The van der Waals surface area contributed by atoms with Gasteiger partial charge in [-0.15, -0.1) is 0 Å². The lowest BCUT2D eigenvalue weighted by atomic mass is 9.94. The van der Waals surface area contributed by atoms with E-state index >= 15 is 0 Å². The van der Waals surface area contributed by atoms with Crippen LogP contribution in [0.3, 0.4) is 0 Å². The average Bonchev–Trinajstić information content (AvgIpc) is 2.34. The van der Waals surface area contributed by atoms with Gasteiger partial charge >= 0.3 is 0 Å². The van der Waals surface area contributed by atoms with Crippen LogP contribution < -0.4 is 11.5 Å². The highest BCUT2D eigenvalue weighted by molar-refractivity contribution is 5.57. The van der Waals surface area contributed by atoms with Crippen LogP contribution in [0.2, 0.25) is 0 Å². The lowest BCUT2D eigenvalue weighted by Crippen LogP contribution is -2.02. The highest BCUT2D eigenvalue weighted by atomic mass is 14.5. The van der Waals surface area contributed by atoms with Gasteiger partial charge in [0.1, 0.15) is 0 Å². The van der Waals surface area contributed by atoms with Crippen LogP contribution in [0.4, 0.5) is 11.4 Å². The van der Waals surface area contributed by atoms with E-state index in [0.29, 0.717) is 0 Å². The Bertz CT molecular complexity index is 618. The van der Waals surface area contributed by atoms with E-state index in [9.17, 15) is 0 Å². The second-order valence-electron chi connectivity index (χ2n) is 4.58. The second-order valence-corrected chi connectivity index (χ2v) is 4.58. The molecule has 2 aromatic rings. The van der Waals surface area contributed by atoms with E-state index in [1.807, 2.05) is 36.4 Å². The third-order valence-corrected chi connectivity index (χ3v) is 3.25. The fourth-order valence-corrected chi connectivity index (χ4v) is 2.29. The summed E-state index contributed by atoms with van der Waals surface area (Å²) in [4.78, 5) is 0. The molecule has 0 bridgehead atoms. The number of hydrogen-bond donors (Lipinski definition) is 2. The van der Waals surface area contributed by atoms with Crippen molar-refractivity contribution < 1.29 is 0 Å². The van der Waals surface area contributed by atoms with Crippen LogP contribution in [0.5, 0.6) is 0 Å². The molecule has 0 atom stereocenters. The van der Waals surface area contributed by atoms with Gasteiger partial charge in [0.2, 0.25) is 0 Å². The fourth-order valence-electron chi connectivity index (χ4n) is 2.29. The molecule has 0 saturated heterocycles. The first-order valence-electron chi connectivity index (χ1n) is 6.01. The van der Waals surface area contributed by atoms with Crippen LogP contribution >= 0.6 is 0 Å². The van der Waals surface area contributed by atoms with E-state index in [0.717, 1.165) is 35.3 Å². The average molecular weight is 234 g/mol. The number of anilines is 2. The Hall–Kier alpha value is -2.40. The molecule has 0 fully saturated rings. The minimum atomic E-state index is 0.795. The number of rotatable bonds is 0. The number of fused-ring (bicyclic) bond motifs is 2. The Kier molecular flexibility index (Phi) is 2.46. The monoisotopic (exact) mass is 234 g/mol. The molecular formula is C16H14N2. The lowest BCUT2D eigenvalue weighted by Gasteiger charge is -2.11. The zero-order valence-electron chi connectivity index (χ0n) is 10.0. The maximum atomic E-state index is 5.82. The first-order valence-corrected chi connectivity index (χ1v) is 6.01. The van der Waals surface area contributed by atoms with Crippen LogP contribution in [-0.4, -0.2) is 0 Å². The number of aryl methyl sites for hydroxylation is 2. The Labute approximate surface area is 107 Å². The molecule has 0 spiro atoms. The lowest BCUT2D eigenvalue weighted by molar-refractivity contribution is 0.952. The van der Waals surface area contributed by atoms with Gasteiger partial charge in [-0.25, -0.2) is 0 Å². The van der Waals surface area contributed by atoms with Gasteiger partial charge in [0.05, 0.1) is 0 Å². The first-order chi connectivity index (χ1) is 8.72. The van der Waals surface area contributed by atoms with Crippen molar-refractivity contribution in [2.45, 2.75) is 12.8 Å². The quantitative estimate of drug-likeness (QED) is 0.543. The zero-order chi connectivity index (χ0) is 12.5. The number of hydrogen-bond acceptors (Lipinski definition) is 2. The summed E-state index contributed by atoms with van der Waals surface area (Å²) in [6.07, 6.45) is 1.90. The minimum absolute atomic E-state index is 0.795. The summed E-state index contributed by atoms with van der Waals surface area (Å²) in [7, 11) is 0. The molecule has 0 amide bonds. The summed E-state index contributed by atoms with van der Waals surface area (Å²) >= 11 is 0. The molecule has 3 rings (SSSR count). The third-order valence-electron chi connectivity index (χ3n) is 3.25. The van der Waals surface area contributed by atoms with E-state index in [2.05, 4.69) is 11.8 Å². The molecule has 1 aliphatic rings. The van der Waals surface area contributed by atoms with E-state index in [4.69, 9.17) is 11.5 Å². The smallest absolute Gasteiger partial charge is 0.0317 e. The molecule has 18 heavy (non-hydrogen) atoms. The molecule has 1 aliphatic carbocycles. The summed E-state index contributed by atoms with van der Waals surface area (Å²) in [5.41, 5.74) is 17.8. The van der Waals surface area contributed by atoms with Crippen LogP contribution in [0.25, 0.3) is 0 Å². The molecule has 88 valence electrons. The van der Waals surface area contributed by atoms with Crippen molar-refractivity contribution in [3.63, 3.8) is 0 Å². The van der Waals surface area contributed by atoms with Crippen molar-refractivity contribution in [1.82, 2.24) is 0 Å². The van der Waals surface area contributed by atoms with E-state index in [1.54, 1.807) is 0 Å². The molecule has 2 heteroatoms. The summed E-state index contributed by atoms with van der Waals surface area (Å²) in [6, 6.07) is 11.8. The largest absolute Gasteiger partial charge is 0.399 e. The number of benzene rings is 2. The number of nitrogens with two attached hydrogens (primary N) is 2. The van der Waals surface area contributed by atoms with Crippen molar-refractivity contribution in [3.05, 3.63) is 58.7 Å². The SMILES string of the molecule is Nc1ccc2c(c1)CCc1cc(N)ccc1C#C2.